The van der Waals surface area contributed by atoms with Crippen molar-refractivity contribution in [3.8, 4) is 12.3 Å². The van der Waals surface area contributed by atoms with Gasteiger partial charge in [0.25, 0.3) is 0 Å². The summed E-state index contributed by atoms with van der Waals surface area (Å²) in [6.07, 6.45) is 15.8. The molecule has 0 spiro atoms. The molecule has 0 aromatic rings. The monoisotopic (exact) mass is 326 g/mol. The van der Waals surface area contributed by atoms with Crippen molar-refractivity contribution in [3.05, 3.63) is 11.6 Å². The smallest absolute Gasteiger partial charge is 0.155 e. The molecule has 0 aromatic heterocycles. The highest BCUT2D eigenvalue weighted by Crippen LogP contribution is 2.66. The zero-order valence-corrected chi connectivity index (χ0v) is 15.1. The summed E-state index contributed by atoms with van der Waals surface area (Å²) in [5.74, 6) is 6.17. The molecule has 3 fully saturated rings. The van der Waals surface area contributed by atoms with E-state index in [0.717, 1.165) is 38.5 Å². The van der Waals surface area contributed by atoms with Crippen LogP contribution in [0, 0.1) is 47.3 Å². The summed E-state index contributed by atoms with van der Waals surface area (Å²) in [5.41, 5.74) is 0.454. The van der Waals surface area contributed by atoms with Gasteiger partial charge in [-0.2, -0.15) is 0 Å². The second-order valence-corrected chi connectivity index (χ2v) is 8.92. The largest absolute Gasteiger partial charge is 0.377 e. The molecular weight excluding hydrogens is 296 g/mol. The molecule has 3 saturated carbocycles. The number of aliphatic hydroxyl groups is 1. The quantitative estimate of drug-likeness (QED) is 0.736. The number of hydrogen-bond acceptors (Lipinski definition) is 2. The van der Waals surface area contributed by atoms with Gasteiger partial charge in [-0.25, -0.2) is 0 Å². The lowest BCUT2D eigenvalue weighted by Gasteiger charge is -2.57. The first-order chi connectivity index (χ1) is 11.5. The van der Waals surface area contributed by atoms with E-state index in [-0.39, 0.29) is 5.41 Å². The highest BCUT2D eigenvalue weighted by molar-refractivity contribution is 5.91. The number of rotatable bonds is 1. The highest BCUT2D eigenvalue weighted by Gasteiger charge is 2.63. The van der Waals surface area contributed by atoms with Gasteiger partial charge in [0, 0.05) is 11.8 Å². The van der Waals surface area contributed by atoms with Crippen LogP contribution in [0.15, 0.2) is 11.6 Å². The molecule has 0 bridgehead atoms. The van der Waals surface area contributed by atoms with E-state index >= 15 is 0 Å². The molecule has 0 amide bonds. The summed E-state index contributed by atoms with van der Waals surface area (Å²) in [6.45, 7) is 4.52. The van der Waals surface area contributed by atoms with Crippen LogP contribution >= 0.6 is 0 Å². The first kappa shape index (κ1) is 16.4. The van der Waals surface area contributed by atoms with E-state index in [1.165, 1.54) is 18.4 Å². The summed E-state index contributed by atoms with van der Waals surface area (Å²) in [4.78, 5) is 11.9. The van der Waals surface area contributed by atoms with Gasteiger partial charge in [-0.1, -0.05) is 25.3 Å². The van der Waals surface area contributed by atoms with Crippen molar-refractivity contribution >= 4 is 5.78 Å². The zero-order valence-electron chi connectivity index (χ0n) is 15.1. The van der Waals surface area contributed by atoms with E-state index in [2.05, 4.69) is 19.8 Å². The third-order valence-electron chi connectivity index (χ3n) is 8.38. The van der Waals surface area contributed by atoms with Crippen molar-refractivity contribution in [2.24, 2.45) is 35.0 Å². The number of hydrogen-bond donors (Lipinski definition) is 1. The van der Waals surface area contributed by atoms with E-state index in [1.807, 2.05) is 6.08 Å². The van der Waals surface area contributed by atoms with Gasteiger partial charge in [0.15, 0.2) is 5.78 Å². The van der Waals surface area contributed by atoms with Gasteiger partial charge in [0.2, 0.25) is 0 Å². The van der Waals surface area contributed by atoms with Crippen LogP contribution < -0.4 is 0 Å². The van der Waals surface area contributed by atoms with Crippen molar-refractivity contribution in [1.29, 1.82) is 0 Å². The number of fused-ring (bicyclic) bond motifs is 5. The van der Waals surface area contributed by atoms with Crippen molar-refractivity contribution in [3.63, 3.8) is 0 Å². The van der Waals surface area contributed by atoms with Crippen LogP contribution in [0.1, 0.15) is 65.2 Å². The van der Waals surface area contributed by atoms with Crippen molar-refractivity contribution in [1.82, 2.24) is 0 Å². The fourth-order valence-corrected chi connectivity index (χ4v) is 7.28. The topological polar surface area (TPSA) is 37.3 Å². The van der Waals surface area contributed by atoms with Crippen LogP contribution in [0.25, 0.3) is 0 Å². The van der Waals surface area contributed by atoms with Gasteiger partial charge in [0.05, 0.1) is 0 Å². The molecule has 1 N–H and O–H groups in total. The summed E-state index contributed by atoms with van der Waals surface area (Å²) in [7, 11) is 0. The lowest BCUT2D eigenvalue weighted by Crippen LogP contribution is -2.54. The predicted molar refractivity (Wildman–Crippen MR) is 95.0 cm³/mol. The number of carbonyl (C=O) groups excluding carboxylic acids is 1. The maximum Gasteiger partial charge on any atom is 0.155 e. The predicted octanol–water partition coefficient (Wildman–Crippen LogP) is 4.13. The Balaban J connectivity index is 1.71. The molecule has 7 atom stereocenters. The molecule has 0 aliphatic heterocycles. The molecule has 0 unspecified atom stereocenters. The Bertz CT molecular complexity index is 626. The normalized spacial score (nSPS) is 50.3. The fourth-order valence-electron chi connectivity index (χ4n) is 7.28. The average molecular weight is 326 g/mol. The zero-order chi connectivity index (χ0) is 17.1. The molecule has 0 saturated heterocycles. The maximum absolute atomic E-state index is 11.9. The second kappa shape index (κ2) is 5.46. The third kappa shape index (κ3) is 1.97. The lowest BCUT2D eigenvalue weighted by atomic mass is 9.48. The Morgan fingerprint density at radius 1 is 1.29 bits per heavy atom. The standard InChI is InChI=1S/C22H30O2/c1-4-21-10-8-17-16-7-6-15(23)13-18(16)14(3)12-19(17)20(21)9-11-22(21,24)5-2/h2,13-14,16-17,19-20,24H,4,6-12H2,1,3H3/t14-,16+,17+,19+,20-,21-,22-/m0/s1. The van der Waals surface area contributed by atoms with Gasteiger partial charge in [-0.05, 0) is 80.6 Å². The molecule has 2 heteroatoms. The SMILES string of the molecule is C#C[C@]1(O)CC[C@H]2[C@@H]3C[C@H](C)C4=CC(=O)CC[C@@H]4[C@H]3CC[C@@]21CC. The van der Waals surface area contributed by atoms with E-state index in [1.54, 1.807) is 0 Å². The minimum absolute atomic E-state index is 0.0751. The molecule has 4 aliphatic rings. The lowest BCUT2D eigenvalue weighted by molar-refractivity contribution is -0.118. The number of carbonyl (C=O) groups is 1. The summed E-state index contributed by atoms with van der Waals surface area (Å²) in [6, 6.07) is 0. The number of ketones is 1. The molecule has 0 aromatic carbocycles. The molecule has 130 valence electrons. The van der Waals surface area contributed by atoms with Crippen molar-refractivity contribution in [2.45, 2.75) is 70.8 Å². The van der Waals surface area contributed by atoms with Gasteiger partial charge in [0.1, 0.15) is 5.60 Å². The Morgan fingerprint density at radius 2 is 2.08 bits per heavy atom. The first-order valence-electron chi connectivity index (χ1n) is 9.90. The third-order valence-corrected chi connectivity index (χ3v) is 8.38. The molecule has 2 nitrogen and oxygen atoms in total. The van der Waals surface area contributed by atoms with Gasteiger partial charge >= 0.3 is 0 Å². The van der Waals surface area contributed by atoms with Gasteiger partial charge in [-0.15, -0.1) is 6.42 Å². The Labute approximate surface area is 146 Å². The summed E-state index contributed by atoms with van der Waals surface area (Å²) < 4.78 is 0. The minimum Gasteiger partial charge on any atom is -0.377 e. The molecule has 4 rings (SSSR count). The fraction of sp³-hybridized carbons (Fsp3) is 0.773. The van der Waals surface area contributed by atoms with Crippen molar-refractivity contribution in [2.75, 3.05) is 0 Å². The van der Waals surface area contributed by atoms with E-state index < -0.39 is 5.60 Å². The van der Waals surface area contributed by atoms with Crippen LogP contribution in [-0.2, 0) is 4.79 Å². The van der Waals surface area contributed by atoms with Gasteiger partial charge < -0.3 is 5.11 Å². The molecule has 24 heavy (non-hydrogen) atoms. The Morgan fingerprint density at radius 3 is 2.79 bits per heavy atom. The summed E-state index contributed by atoms with van der Waals surface area (Å²) in [5, 5.41) is 11.2. The molecule has 4 aliphatic carbocycles. The Hall–Kier alpha value is -1.07. The van der Waals surface area contributed by atoms with Crippen LogP contribution in [0.3, 0.4) is 0 Å². The molecule has 0 radical (unpaired) electrons. The van der Waals surface area contributed by atoms with E-state index in [4.69, 9.17) is 6.42 Å². The number of allylic oxidation sites excluding steroid dienone is 1. The van der Waals surface area contributed by atoms with Crippen LogP contribution in [0.2, 0.25) is 0 Å². The van der Waals surface area contributed by atoms with E-state index in [0.29, 0.717) is 35.4 Å². The Kier molecular flexibility index (Phi) is 3.73. The first-order valence-corrected chi connectivity index (χ1v) is 9.90. The van der Waals surface area contributed by atoms with E-state index in [9.17, 15) is 9.90 Å². The van der Waals surface area contributed by atoms with Crippen LogP contribution in [-0.4, -0.2) is 16.5 Å². The summed E-state index contributed by atoms with van der Waals surface area (Å²) >= 11 is 0. The minimum atomic E-state index is -0.904. The van der Waals surface area contributed by atoms with Gasteiger partial charge in [-0.3, -0.25) is 4.79 Å². The van der Waals surface area contributed by atoms with Crippen LogP contribution in [0.5, 0.6) is 0 Å². The second-order valence-electron chi connectivity index (χ2n) is 8.92. The highest BCUT2D eigenvalue weighted by atomic mass is 16.3. The molecule has 0 heterocycles. The molecular formula is C22H30O2. The average Bonchev–Trinajstić information content (AvgIpc) is 2.89. The van der Waals surface area contributed by atoms with Crippen LogP contribution in [0.4, 0.5) is 0 Å². The maximum atomic E-state index is 11.9. The van der Waals surface area contributed by atoms with Crippen molar-refractivity contribution < 1.29 is 9.90 Å². The number of terminal acetylenes is 1.